The van der Waals surface area contributed by atoms with Crippen molar-refractivity contribution in [1.29, 1.82) is 0 Å². The van der Waals surface area contributed by atoms with Gasteiger partial charge in [-0.3, -0.25) is 0 Å². The number of aromatic hydroxyl groups is 2. The second kappa shape index (κ2) is 10.3. The summed E-state index contributed by atoms with van der Waals surface area (Å²) in [6.07, 6.45) is 0. The molecule has 0 spiro atoms. The number of para-hydroxylation sites is 1. The molecule has 0 fully saturated rings. The molecule has 2 aromatic carbocycles. The van der Waals surface area contributed by atoms with Crippen LogP contribution in [0.25, 0.3) is 0 Å². The lowest BCUT2D eigenvalue weighted by Crippen LogP contribution is -2.11. The highest BCUT2D eigenvalue weighted by Crippen LogP contribution is 2.30. The zero-order valence-electron chi connectivity index (χ0n) is 15.2. The van der Waals surface area contributed by atoms with E-state index in [0.717, 1.165) is 11.2 Å². The molecule has 0 saturated heterocycles. The van der Waals surface area contributed by atoms with Crippen LogP contribution in [0.3, 0.4) is 0 Å². The van der Waals surface area contributed by atoms with E-state index in [1.165, 1.54) is 5.56 Å². The van der Waals surface area contributed by atoms with Gasteiger partial charge in [0, 0.05) is 0 Å². The van der Waals surface area contributed by atoms with Crippen LogP contribution in [-0.2, 0) is 5.41 Å². The van der Waals surface area contributed by atoms with Crippen LogP contribution in [0.4, 0.5) is 0 Å². The van der Waals surface area contributed by atoms with E-state index in [2.05, 4.69) is 43.9 Å². The molecule has 128 valence electrons. The van der Waals surface area contributed by atoms with Crippen molar-refractivity contribution in [3.63, 3.8) is 0 Å². The molecule has 1 unspecified atom stereocenters. The van der Waals surface area contributed by atoms with Crippen molar-refractivity contribution in [3.05, 3.63) is 59.7 Å². The van der Waals surface area contributed by atoms with Gasteiger partial charge in [-0.1, -0.05) is 70.5 Å². The van der Waals surface area contributed by atoms with Crippen LogP contribution in [-0.4, -0.2) is 15.9 Å². The molecule has 0 aromatic heterocycles. The monoisotopic (exact) mass is 334 g/mol. The standard InChI is InChI=1S/C11H16O.C6H6O.C3H9P/c1-8-5-6-10(12)9(7-8)11(2,3)4;7-6-4-2-1-3-5-6;1-3(2)4/h5-7,12H,1-4H3;1-5,7H;3H,4H2,1-2H3. The van der Waals surface area contributed by atoms with E-state index >= 15 is 0 Å². The number of benzene rings is 2. The molecule has 0 aliphatic heterocycles. The van der Waals surface area contributed by atoms with Crippen LogP contribution in [0.2, 0.25) is 0 Å². The largest absolute Gasteiger partial charge is 0.508 e. The van der Waals surface area contributed by atoms with E-state index in [4.69, 9.17) is 5.11 Å². The Hall–Kier alpha value is -1.53. The number of rotatable bonds is 0. The Morgan fingerprint density at radius 1 is 0.913 bits per heavy atom. The first kappa shape index (κ1) is 21.5. The summed E-state index contributed by atoms with van der Waals surface area (Å²) >= 11 is 0. The maximum atomic E-state index is 9.57. The molecule has 0 bridgehead atoms. The van der Waals surface area contributed by atoms with Crippen molar-refractivity contribution < 1.29 is 10.2 Å². The fraction of sp³-hybridized carbons (Fsp3) is 0.400. The zero-order valence-corrected chi connectivity index (χ0v) is 16.3. The minimum absolute atomic E-state index is 0.0239. The van der Waals surface area contributed by atoms with Crippen molar-refractivity contribution in [3.8, 4) is 11.5 Å². The highest BCUT2D eigenvalue weighted by Gasteiger charge is 2.17. The van der Waals surface area contributed by atoms with E-state index in [-0.39, 0.29) is 5.41 Å². The summed E-state index contributed by atoms with van der Waals surface area (Å²) in [4.78, 5) is 0. The molecular formula is C20H31O2P. The fourth-order valence-corrected chi connectivity index (χ4v) is 1.68. The lowest BCUT2D eigenvalue weighted by Gasteiger charge is -2.20. The molecule has 0 aliphatic carbocycles. The van der Waals surface area contributed by atoms with Crippen molar-refractivity contribution in [1.82, 2.24) is 0 Å². The van der Waals surface area contributed by atoms with Crippen LogP contribution in [0.15, 0.2) is 48.5 Å². The van der Waals surface area contributed by atoms with Gasteiger partial charge in [-0.25, -0.2) is 0 Å². The summed E-state index contributed by atoms with van der Waals surface area (Å²) in [5.74, 6) is 0.718. The number of phenolic OH excluding ortho intramolecular Hbond substituents is 2. The summed E-state index contributed by atoms with van der Waals surface area (Å²) in [5.41, 5.74) is 2.98. The number of hydrogen-bond donors (Lipinski definition) is 2. The van der Waals surface area contributed by atoms with Crippen LogP contribution < -0.4 is 0 Å². The smallest absolute Gasteiger partial charge is 0.119 e. The minimum atomic E-state index is 0.0239. The van der Waals surface area contributed by atoms with Crippen molar-refractivity contribution in [2.45, 2.75) is 52.6 Å². The van der Waals surface area contributed by atoms with Crippen molar-refractivity contribution >= 4 is 9.24 Å². The molecule has 0 amide bonds. The van der Waals surface area contributed by atoms with Gasteiger partial charge in [-0.2, -0.15) is 0 Å². The number of aryl methyl sites for hydroxylation is 1. The molecule has 2 nitrogen and oxygen atoms in total. The number of phenols is 2. The quantitative estimate of drug-likeness (QED) is 0.610. The predicted molar refractivity (Wildman–Crippen MR) is 104 cm³/mol. The Kier molecular flexibility index (Phi) is 9.60. The van der Waals surface area contributed by atoms with Gasteiger partial charge in [0.2, 0.25) is 0 Å². The van der Waals surface area contributed by atoms with Crippen molar-refractivity contribution in [2.75, 3.05) is 0 Å². The third-order valence-electron chi connectivity index (χ3n) is 2.72. The average molecular weight is 334 g/mol. The van der Waals surface area contributed by atoms with E-state index in [0.29, 0.717) is 11.5 Å². The van der Waals surface area contributed by atoms with Gasteiger partial charge in [-0.15, -0.1) is 9.24 Å². The van der Waals surface area contributed by atoms with Gasteiger partial charge in [0.05, 0.1) is 0 Å². The summed E-state index contributed by atoms with van der Waals surface area (Å²) in [6, 6.07) is 14.4. The molecule has 0 heterocycles. The highest BCUT2D eigenvalue weighted by molar-refractivity contribution is 7.17. The molecule has 23 heavy (non-hydrogen) atoms. The summed E-state index contributed by atoms with van der Waals surface area (Å²) < 4.78 is 0. The minimum Gasteiger partial charge on any atom is -0.508 e. The van der Waals surface area contributed by atoms with E-state index < -0.39 is 0 Å². The second-order valence-corrected chi connectivity index (χ2v) is 8.18. The Balaban J connectivity index is 0.000000371. The molecule has 0 saturated carbocycles. The van der Waals surface area contributed by atoms with Gasteiger partial charge in [0.15, 0.2) is 0 Å². The molecule has 1 atom stereocenters. The van der Waals surface area contributed by atoms with Crippen molar-refractivity contribution in [2.24, 2.45) is 0 Å². The van der Waals surface area contributed by atoms with Crippen LogP contribution in [0.5, 0.6) is 11.5 Å². The lowest BCUT2D eigenvalue weighted by molar-refractivity contribution is 0.446. The number of hydrogen-bond acceptors (Lipinski definition) is 2. The zero-order chi connectivity index (χ0) is 18.0. The first-order valence-corrected chi connectivity index (χ1v) is 8.50. The first-order valence-electron chi connectivity index (χ1n) is 7.83. The first-order chi connectivity index (χ1) is 10.5. The summed E-state index contributed by atoms with van der Waals surface area (Å²) in [7, 11) is 2.66. The van der Waals surface area contributed by atoms with Gasteiger partial charge in [-0.05, 0) is 41.8 Å². The van der Waals surface area contributed by atoms with Gasteiger partial charge in [0.1, 0.15) is 11.5 Å². The Labute approximate surface area is 143 Å². The molecule has 2 N–H and O–H groups in total. The predicted octanol–water partition coefficient (Wildman–Crippen LogP) is 5.66. The van der Waals surface area contributed by atoms with Crippen LogP contribution in [0.1, 0.15) is 45.7 Å². The Morgan fingerprint density at radius 3 is 1.70 bits per heavy atom. The summed E-state index contributed by atoms with van der Waals surface area (Å²) in [5, 5.41) is 18.2. The van der Waals surface area contributed by atoms with Gasteiger partial charge < -0.3 is 10.2 Å². The SMILES string of the molecule is CC(C)P.Cc1ccc(O)c(C(C)(C)C)c1.Oc1ccccc1. The van der Waals surface area contributed by atoms with E-state index in [9.17, 15) is 5.11 Å². The molecule has 3 heteroatoms. The van der Waals surface area contributed by atoms with Crippen LogP contribution >= 0.6 is 9.24 Å². The second-order valence-electron chi connectivity index (χ2n) is 6.85. The Bertz CT molecular complexity index is 555. The van der Waals surface area contributed by atoms with E-state index in [1.54, 1.807) is 30.3 Å². The fourth-order valence-electron chi connectivity index (χ4n) is 1.68. The normalized spacial score (nSPS) is 10.3. The van der Waals surface area contributed by atoms with Crippen LogP contribution in [0, 0.1) is 6.92 Å². The summed E-state index contributed by atoms with van der Waals surface area (Å²) in [6.45, 7) is 12.6. The maximum absolute atomic E-state index is 9.57. The average Bonchev–Trinajstić information content (AvgIpc) is 2.41. The third kappa shape index (κ3) is 10.8. The Morgan fingerprint density at radius 2 is 1.39 bits per heavy atom. The highest BCUT2D eigenvalue weighted by atomic mass is 31.0. The lowest BCUT2D eigenvalue weighted by atomic mass is 9.85. The molecule has 0 radical (unpaired) electrons. The van der Waals surface area contributed by atoms with Gasteiger partial charge in [0.25, 0.3) is 0 Å². The molecule has 2 aromatic rings. The van der Waals surface area contributed by atoms with Gasteiger partial charge >= 0.3 is 0 Å². The molecule has 2 rings (SSSR count). The molecular weight excluding hydrogens is 303 g/mol. The van der Waals surface area contributed by atoms with E-state index in [1.807, 2.05) is 25.1 Å². The third-order valence-corrected chi connectivity index (χ3v) is 2.72. The maximum Gasteiger partial charge on any atom is 0.119 e. The topological polar surface area (TPSA) is 40.5 Å². The molecule has 0 aliphatic rings.